The highest BCUT2D eigenvalue weighted by molar-refractivity contribution is 6.35. The molecule has 1 unspecified atom stereocenters. The van der Waals surface area contributed by atoms with Crippen LogP contribution in [0.5, 0.6) is 0 Å². The molecule has 1 saturated heterocycles. The van der Waals surface area contributed by atoms with Gasteiger partial charge in [0.15, 0.2) is 0 Å². The summed E-state index contributed by atoms with van der Waals surface area (Å²) in [4.78, 5) is 19.0. The molecule has 5 nitrogen and oxygen atoms in total. The zero-order valence-corrected chi connectivity index (χ0v) is 16.3. The fraction of sp³-hybridized carbons (Fsp3) is 0.250. The smallest absolute Gasteiger partial charge is 0.253 e. The highest BCUT2D eigenvalue weighted by Crippen LogP contribution is 2.29. The summed E-state index contributed by atoms with van der Waals surface area (Å²) >= 11 is 12.0. The molecule has 0 bridgehead atoms. The molecule has 1 aromatic heterocycles. The quantitative estimate of drug-likeness (QED) is 0.584. The van der Waals surface area contributed by atoms with Crippen molar-refractivity contribution in [3.63, 3.8) is 0 Å². The lowest BCUT2D eigenvalue weighted by atomic mass is 9.97. The summed E-state index contributed by atoms with van der Waals surface area (Å²) in [7, 11) is 0. The van der Waals surface area contributed by atoms with Gasteiger partial charge in [-0.05, 0) is 43.2 Å². The molecule has 0 aliphatic carbocycles. The van der Waals surface area contributed by atoms with Crippen LogP contribution in [0.2, 0.25) is 10.0 Å². The van der Waals surface area contributed by atoms with Gasteiger partial charge >= 0.3 is 0 Å². The SMILES string of the molecule is O=C(c1cc(Cl)cc(Cl)c1)N1CCCC(c2nc(-c3cccc(F)c3)no2)C1. The molecule has 0 radical (unpaired) electrons. The number of hydrogen-bond donors (Lipinski definition) is 0. The summed E-state index contributed by atoms with van der Waals surface area (Å²) in [6, 6.07) is 10.8. The summed E-state index contributed by atoms with van der Waals surface area (Å²) in [6.45, 7) is 1.08. The van der Waals surface area contributed by atoms with E-state index in [2.05, 4.69) is 10.1 Å². The minimum atomic E-state index is -0.363. The van der Waals surface area contributed by atoms with Crippen molar-refractivity contribution in [2.75, 3.05) is 13.1 Å². The average molecular weight is 420 g/mol. The second kappa shape index (κ2) is 7.89. The molecule has 144 valence electrons. The molecule has 1 aliphatic rings. The van der Waals surface area contributed by atoms with E-state index in [9.17, 15) is 9.18 Å². The maximum Gasteiger partial charge on any atom is 0.253 e. The summed E-state index contributed by atoms with van der Waals surface area (Å²) in [5.41, 5.74) is 0.997. The number of amides is 1. The zero-order chi connectivity index (χ0) is 19.7. The summed E-state index contributed by atoms with van der Waals surface area (Å²) < 4.78 is 18.8. The Labute approximate surface area is 171 Å². The fourth-order valence-electron chi connectivity index (χ4n) is 3.37. The van der Waals surface area contributed by atoms with Crippen LogP contribution >= 0.6 is 23.2 Å². The lowest BCUT2D eigenvalue weighted by molar-refractivity contribution is 0.0695. The van der Waals surface area contributed by atoms with Crippen molar-refractivity contribution in [2.45, 2.75) is 18.8 Å². The van der Waals surface area contributed by atoms with Gasteiger partial charge in [0, 0.05) is 34.3 Å². The van der Waals surface area contributed by atoms with E-state index in [0.717, 1.165) is 12.8 Å². The van der Waals surface area contributed by atoms with Gasteiger partial charge in [-0.3, -0.25) is 4.79 Å². The molecular formula is C20H16Cl2FN3O2. The maximum absolute atomic E-state index is 13.4. The number of piperidine rings is 1. The molecule has 0 N–H and O–H groups in total. The third-order valence-electron chi connectivity index (χ3n) is 4.69. The Morgan fingerprint density at radius 3 is 2.71 bits per heavy atom. The van der Waals surface area contributed by atoms with Gasteiger partial charge in [0.1, 0.15) is 5.82 Å². The highest BCUT2D eigenvalue weighted by atomic mass is 35.5. The Bertz CT molecular complexity index is 1000. The molecule has 4 rings (SSSR count). The van der Waals surface area contributed by atoms with Gasteiger partial charge in [0.05, 0.1) is 5.92 Å². The molecule has 0 spiro atoms. The normalized spacial score (nSPS) is 17.0. The van der Waals surface area contributed by atoms with Crippen molar-refractivity contribution >= 4 is 29.1 Å². The van der Waals surface area contributed by atoms with Crippen molar-refractivity contribution in [1.82, 2.24) is 15.0 Å². The minimum Gasteiger partial charge on any atom is -0.339 e. The molecule has 1 atom stereocenters. The fourth-order valence-corrected chi connectivity index (χ4v) is 3.89. The summed E-state index contributed by atoms with van der Waals surface area (Å²) in [5, 5.41) is 4.80. The van der Waals surface area contributed by atoms with E-state index in [4.69, 9.17) is 27.7 Å². The van der Waals surface area contributed by atoms with Gasteiger partial charge in [0.2, 0.25) is 11.7 Å². The molecule has 2 heterocycles. The van der Waals surface area contributed by atoms with Crippen LogP contribution in [0, 0.1) is 5.82 Å². The largest absolute Gasteiger partial charge is 0.339 e. The van der Waals surface area contributed by atoms with Crippen molar-refractivity contribution in [3.8, 4) is 11.4 Å². The van der Waals surface area contributed by atoms with Gasteiger partial charge in [-0.1, -0.05) is 40.5 Å². The Kier molecular flexibility index (Phi) is 5.33. The molecule has 1 amide bonds. The highest BCUT2D eigenvalue weighted by Gasteiger charge is 2.29. The van der Waals surface area contributed by atoms with Crippen LogP contribution in [0.25, 0.3) is 11.4 Å². The van der Waals surface area contributed by atoms with Crippen molar-refractivity contribution < 1.29 is 13.7 Å². The predicted octanol–water partition coefficient (Wildman–Crippen LogP) is 5.20. The second-order valence-corrected chi connectivity index (χ2v) is 7.59. The van der Waals surface area contributed by atoms with E-state index < -0.39 is 0 Å². The Morgan fingerprint density at radius 2 is 1.96 bits per heavy atom. The number of rotatable bonds is 3. The number of nitrogens with zero attached hydrogens (tertiary/aromatic N) is 3. The van der Waals surface area contributed by atoms with E-state index in [1.165, 1.54) is 12.1 Å². The first-order valence-electron chi connectivity index (χ1n) is 8.84. The second-order valence-electron chi connectivity index (χ2n) is 6.72. The monoisotopic (exact) mass is 419 g/mol. The van der Waals surface area contributed by atoms with E-state index >= 15 is 0 Å². The van der Waals surface area contributed by atoms with Crippen molar-refractivity contribution in [1.29, 1.82) is 0 Å². The molecule has 3 aromatic rings. The standard InChI is InChI=1S/C20H16Cl2FN3O2/c21-15-7-14(8-16(22)10-15)20(27)26-6-2-4-13(11-26)19-24-18(25-28-19)12-3-1-5-17(23)9-12/h1,3,5,7-10,13H,2,4,6,11H2. The van der Waals surface area contributed by atoms with Crippen molar-refractivity contribution in [3.05, 3.63) is 69.8 Å². The first kappa shape index (κ1) is 18.9. The molecule has 28 heavy (non-hydrogen) atoms. The number of likely N-dealkylation sites (tertiary alicyclic amines) is 1. The lowest BCUT2D eigenvalue weighted by Gasteiger charge is -2.31. The van der Waals surface area contributed by atoms with E-state index in [0.29, 0.717) is 46.0 Å². The molecular weight excluding hydrogens is 404 g/mol. The third-order valence-corrected chi connectivity index (χ3v) is 5.13. The number of halogens is 3. The number of hydrogen-bond acceptors (Lipinski definition) is 4. The third kappa shape index (κ3) is 4.03. The van der Waals surface area contributed by atoms with Crippen LogP contribution in [0.4, 0.5) is 4.39 Å². The van der Waals surface area contributed by atoms with Crippen LogP contribution in [0.15, 0.2) is 47.0 Å². The first-order chi connectivity index (χ1) is 13.5. The van der Waals surface area contributed by atoms with Crippen LogP contribution in [-0.4, -0.2) is 34.0 Å². The summed E-state index contributed by atoms with van der Waals surface area (Å²) in [6.07, 6.45) is 1.63. The van der Waals surface area contributed by atoms with Gasteiger partial charge in [-0.25, -0.2) is 4.39 Å². The van der Waals surface area contributed by atoms with Crippen LogP contribution in [-0.2, 0) is 0 Å². The molecule has 1 aliphatic heterocycles. The van der Waals surface area contributed by atoms with E-state index in [1.54, 1.807) is 35.2 Å². The van der Waals surface area contributed by atoms with Crippen LogP contribution < -0.4 is 0 Å². The molecule has 2 aromatic carbocycles. The molecule has 8 heteroatoms. The topological polar surface area (TPSA) is 59.2 Å². The zero-order valence-electron chi connectivity index (χ0n) is 14.7. The van der Waals surface area contributed by atoms with Crippen molar-refractivity contribution in [2.24, 2.45) is 0 Å². The van der Waals surface area contributed by atoms with Gasteiger partial charge in [-0.15, -0.1) is 0 Å². The number of carbonyl (C=O) groups is 1. The predicted molar refractivity (Wildman–Crippen MR) is 104 cm³/mol. The maximum atomic E-state index is 13.4. The Morgan fingerprint density at radius 1 is 1.18 bits per heavy atom. The van der Waals surface area contributed by atoms with Crippen LogP contribution in [0.3, 0.4) is 0 Å². The Balaban J connectivity index is 1.52. The Hall–Kier alpha value is -2.44. The summed E-state index contributed by atoms with van der Waals surface area (Å²) in [5.74, 6) is 0.195. The lowest BCUT2D eigenvalue weighted by Crippen LogP contribution is -2.39. The minimum absolute atomic E-state index is 0.0813. The number of carbonyl (C=O) groups excluding carboxylic acids is 1. The average Bonchev–Trinajstić information content (AvgIpc) is 3.17. The van der Waals surface area contributed by atoms with E-state index in [-0.39, 0.29) is 17.6 Å². The van der Waals surface area contributed by atoms with Gasteiger partial charge in [0.25, 0.3) is 5.91 Å². The van der Waals surface area contributed by atoms with Gasteiger partial charge < -0.3 is 9.42 Å². The first-order valence-corrected chi connectivity index (χ1v) is 9.60. The number of aromatic nitrogens is 2. The van der Waals surface area contributed by atoms with Gasteiger partial charge in [-0.2, -0.15) is 4.98 Å². The van der Waals surface area contributed by atoms with Crippen LogP contribution in [0.1, 0.15) is 35.0 Å². The van der Waals surface area contributed by atoms with E-state index in [1.807, 2.05) is 0 Å². The molecule has 1 fully saturated rings. The number of benzene rings is 2. The molecule has 0 saturated carbocycles.